The molecule has 0 saturated heterocycles. The molecule has 0 unspecified atom stereocenters. The van der Waals surface area contributed by atoms with Crippen molar-refractivity contribution >= 4 is 33.5 Å². The third-order valence-electron chi connectivity index (χ3n) is 6.30. The summed E-state index contributed by atoms with van der Waals surface area (Å²) in [6.07, 6.45) is 9.88. The highest BCUT2D eigenvalue weighted by molar-refractivity contribution is 6.12. The van der Waals surface area contributed by atoms with Crippen LogP contribution in [0.25, 0.3) is 21.5 Å². The summed E-state index contributed by atoms with van der Waals surface area (Å²) in [4.78, 5) is 25.5. The van der Waals surface area contributed by atoms with Gasteiger partial charge in [0.25, 0.3) is 0 Å². The van der Waals surface area contributed by atoms with Gasteiger partial charge in [0.05, 0.1) is 0 Å². The van der Waals surface area contributed by atoms with Crippen LogP contribution in [0.3, 0.4) is 0 Å². The number of unbranched alkanes of at least 4 members (excludes halogenated alkanes) is 6. The summed E-state index contributed by atoms with van der Waals surface area (Å²) in [7, 11) is 0. The van der Waals surface area contributed by atoms with Crippen LogP contribution in [-0.2, 0) is 16.0 Å². The molecule has 0 atom stereocenters. The van der Waals surface area contributed by atoms with Crippen molar-refractivity contribution in [3.63, 3.8) is 0 Å². The third kappa shape index (κ3) is 6.59. The summed E-state index contributed by atoms with van der Waals surface area (Å²) >= 11 is 0. The first kappa shape index (κ1) is 25.7. The Morgan fingerprint density at radius 1 is 0.618 bits per heavy atom. The van der Waals surface area contributed by atoms with Gasteiger partial charge in [-0.25, -0.2) is 0 Å². The Morgan fingerprint density at radius 3 is 1.62 bits per heavy atom. The Labute approximate surface area is 203 Å². The van der Waals surface area contributed by atoms with Gasteiger partial charge in [-0.15, -0.1) is 0 Å². The van der Waals surface area contributed by atoms with Crippen molar-refractivity contribution < 1.29 is 19.1 Å². The normalized spacial score (nSPS) is 11.1. The van der Waals surface area contributed by atoms with Crippen molar-refractivity contribution in [2.24, 2.45) is 0 Å². The van der Waals surface area contributed by atoms with Crippen LogP contribution in [0.4, 0.5) is 0 Å². The highest BCUT2D eigenvalue weighted by atomic mass is 16.5. The Bertz CT molecular complexity index is 1120. The van der Waals surface area contributed by atoms with E-state index in [0.717, 1.165) is 84.9 Å². The first-order valence-electron chi connectivity index (χ1n) is 13.0. The largest absolute Gasteiger partial charge is 0.425 e. The summed E-state index contributed by atoms with van der Waals surface area (Å²) in [5.74, 6) is 0.675. The fraction of sp³-hybridized carbons (Fsp3) is 0.467. The summed E-state index contributed by atoms with van der Waals surface area (Å²) in [5.41, 5.74) is 1.14. The number of hydrogen-bond donors (Lipinski definition) is 0. The average molecular weight is 463 g/mol. The molecule has 0 N–H and O–H groups in total. The molecule has 0 heterocycles. The number of hydrogen-bond acceptors (Lipinski definition) is 4. The number of benzene rings is 3. The molecule has 0 spiro atoms. The maximum absolute atomic E-state index is 12.7. The van der Waals surface area contributed by atoms with E-state index >= 15 is 0 Å². The summed E-state index contributed by atoms with van der Waals surface area (Å²) in [6.45, 7) is 6.40. The number of carbonyl (C=O) groups excluding carboxylic acids is 2. The van der Waals surface area contributed by atoms with Crippen molar-refractivity contribution in [3.05, 3.63) is 48.0 Å². The highest BCUT2D eigenvalue weighted by Crippen LogP contribution is 2.43. The SMILES string of the molecule is CCCCCCC(=O)Oc1c2ccccc2c(OC(=O)CCCCCC)c2cc(CC)ccc12. The van der Waals surface area contributed by atoms with E-state index in [4.69, 9.17) is 9.47 Å². The van der Waals surface area contributed by atoms with Crippen molar-refractivity contribution in [1.29, 1.82) is 0 Å². The van der Waals surface area contributed by atoms with Crippen LogP contribution in [0.5, 0.6) is 11.5 Å². The maximum Gasteiger partial charge on any atom is 0.311 e. The molecule has 0 aromatic heterocycles. The molecule has 0 fully saturated rings. The van der Waals surface area contributed by atoms with E-state index in [1.165, 1.54) is 0 Å². The van der Waals surface area contributed by atoms with Gasteiger partial charge >= 0.3 is 11.9 Å². The van der Waals surface area contributed by atoms with Gasteiger partial charge in [0.2, 0.25) is 0 Å². The molecule has 0 aliphatic carbocycles. The zero-order valence-corrected chi connectivity index (χ0v) is 21.0. The fourth-order valence-electron chi connectivity index (χ4n) is 4.31. The van der Waals surface area contributed by atoms with Gasteiger partial charge in [0.1, 0.15) is 11.5 Å². The lowest BCUT2D eigenvalue weighted by Gasteiger charge is -2.17. The van der Waals surface area contributed by atoms with Crippen LogP contribution in [0.1, 0.15) is 90.5 Å². The molecule has 0 radical (unpaired) electrons. The minimum absolute atomic E-state index is 0.217. The quantitative estimate of drug-likeness (QED) is 0.111. The molecule has 3 aromatic carbocycles. The van der Waals surface area contributed by atoms with Gasteiger partial charge in [-0.1, -0.05) is 95.7 Å². The van der Waals surface area contributed by atoms with Crippen molar-refractivity contribution in [3.8, 4) is 11.5 Å². The van der Waals surface area contributed by atoms with Crippen molar-refractivity contribution in [2.45, 2.75) is 91.4 Å². The van der Waals surface area contributed by atoms with E-state index in [9.17, 15) is 9.59 Å². The van der Waals surface area contributed by atoms with Crippen molar-refractivity contribution in [2.75, 3.05) is 0 Å². The molecule has 4 heteroatoms. The second-order valence-electron chi connectivity index (χ2n) is 9.01. The Kier molecular flexibility index (Phi) is 9.93. The molecular weight excluding hydrogens is 424 g/mol. The number of ether oxygens (including phenoxy) is 2. The van der Waals surface area contributed by atoms with Gasteiger partial charge in [0.15, 0.2) is 0 Å². The van der Waals surface area contributed by atoms with E-state index in [1.54, 1.807) is 0 Å². The molecule has 0 aliphatic rings. The van der Waals surface area contributed by atoms with Crippen LogP contribution in [-0.4, -0.2) is 11.9 Å². The lowest BCUT2D eigenvalue weighted by Crippen LogP contribution is -2.11. The number of aryl methyl sites for hydroxylation is 1. The maximum atomic E-state index is 12.7. The average Bonchev–Trinajstić information content (AvgIpc) is 2.86. The van der Waals surface area contributed by atoms with E-state index in [1.807, 2.05) is 36.4 Å². The lowest BCUT2D eigenvalue weighted by molar-refractivity contribution is -0.135. The minimum Gasteiger partial charge on any atom is -0.425 e. The molecule has 34 heavy (non-hydrogen) atoms. The molecular formula is C30H38O4. The van der Waals surface area contributed by atoms with Gasteiger partial charge < -0.3 is 9.47 Å². The Hall–Kier alpha value is -2.88. The monoisotopic (exact) mass is 462 g/mol. The molecule has 4 nitrogen and oxygen atoms in total. The zero-order valence-electron chi connectivity index (χ0n) is 21.0. The lowest BCUT2D eigenvalue weighted by atomic mass is 9.98. The van der Waals surface area contributed by atoms with Gasteiger partial charge in [-0.2, -0.15) is 0 Å². The van der Waals surface area contributed by atoms with Crippen molar-refractivity contribution in [1.82, 2.24) is 0 Å². The van der Waals surface area contributed by atoms with Crippen LogP contribution in [0.15, 0.2) is 42.5 Å². The van der Waals surface area contributed by atoms with Crippen LogP contribution in [0, 0.1) is 0 Å². The molecule has 0 aliphatic heterocycles. The number of rotatable bonds is 13. The van der Waals surface area contributed by atoms with Crippen LogP contribution >= 0.6 is 0 Å². The molecule has 3 aromatic rings. The summed E-state index contributed by atoms with van der Waals surface area (Å²) < 4.78 is 12.0. The summed E-state index contributed by atoms with van der Waals surface area (Å²) in [6, 6.07) is 13.8. The Morgan fingerprint density at radius 2 is 1.12 bits per heavy atom. The Balaban J connectivity index is 2.00. The molecule has 0 bridgehead atoms. The zero-order chi connectivity index (χ0) is 24.3. The second-order valence-corrected chi connectivity index (χ2v) is 9.01. The fourth-order valence-corrected chi connectivity index (χ4v) is 4.31. The van der Waals surface area contributed by atoms with E-state index < -0.39 is 0 Å². The van der Waals surface area contributed by atoms with E-state index in [0.29, 0.717) is 24.3 Å². The van der Waals surface area contributed by atoms with Gasteiger partial charge in [-0.05, 0) is 30.9 Å². The van der Waals surface area contributed by atoms with Crippen LogP contribution in [0.2, 0.25) is 0 Å². The number of esters is 2. The highest BCUT2D eigenvalue weighted by Gasteiger charge is 2.20. The smallest absolute Gasteiger partial charge is 0.311 e. The van der Waals surface area contributed by atoms with Gasteiger partial charge in [-0.3, -0.25) is 9.59 Å². The topological polar surface area (TPSA) is 52.6 Å². The van der Waals surface area contributed by atoms with Gasteiger partial charge in [0, 0.05) is 34.4 Å². The first-order chi connectivity index (χ1) is 16.6. The third-order valence-corrected chi connectivity index (χ3v) is 6.30. The van der Waals surface area contributed by atoms with Crippen LogP contribution < -0.4 is 9.47 Å². The standard InChI is InChI=1S/C30H38O4/c1-4-7-9-11-17-27(31)33-29-23-15-13-14-16-24(23)30(34-28(32)18-12-10-8-5-2)26-21-22(6-3)19-20-25(26)29/h13-16,19-21H,4-12,17-18H2,1-3H3. The molecule has 0 saturated carbocycles. The van der Waals surface area contributed by atoms with E-state index in [-0.39, 0.29) is 11.9 Å². The predicted octanol–water partition coefficient (Wildman–Crippen LogP) is 8.31. The number of fused-ring (bicyclic) bond motifs is 2. The predicted molar refractivity (Wildman–Crippen MR) is 140 cm³/mol. The number of carbonyl (C=O) groups is 2. The minimum atomic E-state index is -0.220. The molecule has 0 amide bonds. The summed E-state index contributed by atoms with van der Waals surface area (Å²) in [5, 5.41) is 3.19. The molecule has 182 valence electrons. The first-order valence-corrected chi connectivity index (χ1v) is 13.0. The van der Waals surface area contributed by atoms with E-state index in [2.05, 4.69) is 26.8 Å². The molecule has 3 rings (SSSR count). The second kappa shape index (κ2) is 13.1.